The van der Waals surface area contributed by atoms with Crippen LogP contribution in [0.25, 0.3) is 0 Å². The molecule has 0 radical (unpaired) electrons. The quantitative estimate of drug-likeness (QED) is 0.659. The molecule has 1 aromatic heterocycles. The average molecular weight is 166 g/mol. The summed E-state index contributed by atoms with van der Waals surface area (Å²) in [6.07, 6.45) is 1.04. The molecule has 0 amide bonds. The molecule has 0 bridgehead atoms. The number of hydrogen-bond donors (Lipinski definition) is 0. The Hall–Kier alpha value is -0.790. The number of rotatable bonds is 2. The van der Waals surface area contributed by atoms with Crippen LogP contribution in [-0.4, -0.2) is 9.78 Å². The van der Waals surface area contributed by atoms with Crippen LogP contribution in [0.4, 0.5) is 0 Å². The highest BCUT2D eigenvalue weighted by atomic mass is 15.3. The van der Waals surface area contributed by atoms with E-state index in [0.29, 0.717) is 5.92 Å². The van der Waals surface area contributed by atoms with Crippen molar-refractivity contribution in [1.82, 2.24) is 9.78 Å². The van der Waals surface area contributed by atoms with Crippen LogP contribution in [0.3, 0.4) is 0 Å². The van der Waals surface area contributed by atoms with Crippen molar-refractivity contribution >= 4 is 0 Å². The van der Waals surface area contributed by atoms with E-state index in [1.165, 1.54) is 17.0 Å². The van der Waals surface area contributed by atoms with Gasteiger partial charge in [-0.05, 0) is 24.8 Å². The van der Waals surface area contributed by atoms with Crippen molar-refractivity contribution in [3.05, 3.63) is 17.0 Å². The van der Waals surface area contributed by atoms with Crippen LogP contribution >= 0.6 is 0 Å². The highest BCUT2D eigenvalue weighted by Gasteiger charge is 2.13. The summed E-state index contributed by atoms with van der Waals surface area (Å²) in [6, 6.07) is 0. The number of nitrogens with zero attached hydrogens (tertiary/aromatic N) is 2. The molecule has 68 valence electrons. The van der Waals surface area contributed by atoms with Gasteiger partial charge in [0.15, 0.2) is 0 Å². The lowest BCUT2D eigenvalue weighted by Crippen LogP contribution is -1.95. The molecule has 0 fully saturated rings. The maximum atomic E-state index is 4.47. The Kier molecular flexibility index (Phi) is 2.55. The summed E-state index contributed by atoms with van der Waals surface area (Å²) in [7, 11) is 2.01. The van der Waals surface area contributed by atoms with Gasteiger partial charge in [0.05, 0.1) is 5.69 Å². The molecule has 0 unspecified atom stereocenters. The molecular weight excluding hydrogens is 148 g/mol. The van der Waals surface area contributed by atoms with Crippen molar-refractivity contribution < 1.29 is 0 Å². The molecule has 0 aromatic carbocycles. The van der Waals surface area contributed by atoms with E-state index < -0.39 is 0 Å². The van der Waals surface area contributed by atoms with Crippen LogP contribution in [0.1, 0.15) is 43.6 Å². The summed E-state index contributed by atoms with van der Waals surface area (Å²) in [5.74, 6) is 0.591. The van der Waals surface area contributed by atoms with Gasteiger partial charge in [0.1, 0.15) is 0 Å². The zero-order valence-corrected chi connectivity index (χ0v) is 8.68. The van der Waals surface area contributed by atoms with E-state index in [-0.39, 0.29) is 0 Å². The Labute approximate surface area is 74.6 Å². The fourth-order valence-corrected chi connectivity index (χ4v) is 1.71. The van der Waals surface area contributed by atoms with E-state index >= 15 is 0 Å². The van der Waals surface area contributed by atoms with Crippen molar-refractivity contribution in [1.29, 1.82) is 0 Å². The highest BCUT2D eigenvalue weighted by Crippen LogP contribution is 2.22. The molecule has 1 aromatic rings. The summed E-state index contributed by atoms with van der Waals surface area (Å²) in [5.41, 5.74) is 3.99. The van der Waals surface area contributed by atoms with Crippen molar-refractivity contribution in [2.45, 2.75) is 40.0 Å². The normalized spacial score (nSPS) is 11.2. The molecule has 0 aliphatic carbocycles. The van der Waals surface area contributed by atoms with Gasteiger partial charge in [-0.2, -0.15) is 5.10 Å². The average Bonchev–Trinajstić information content (AvgIpc) is 2.28. The standard InChI is InChI=1S/C10H18N2/c1-6-9-10(7(2)3)8(4)12(5)11-9/h7H,6H2,1-5H3. The van der Waals surface area contributed by atoms with Gasteiger partial charge in [0.25, 0.3) is 0 Å². The van der Waals surface area contributed by atoms with E-state index in [4.69, 9.17) is 0 Å². The van der Waals surface area contributed by atoms with Gasteiger partial charge in [-0.15, -0.1) is 0 Å². The lowest BCUT2D eigenvalue weighted by Gasteiger charge is -2.05. The second-order valence-electron chi connectivity index (χ2n) is 3.58. The molecular formula is C10H18N2. The van der Waals surface area contributed by atoms with Gasteiger partial charge in [0.2, 0.25) is 0 Å². The minimum atomic E-state index is 0.591. The van der Waals surface area contributed by atoms with Gasteiger partial charge >= 0.3 is 0 Å². The fourth-order valence-electron chi connectivity index (χ4n) is 1.71. The molecule has 1 heterocycles. The summed E-state index contributed by atoms with van der Waals surface area (Å²) in [6.45, 7) is 8.75. The molecule has 0 saturated carbocycles. The van der Waals surface area contributed by atoms with Crippen LogP contribution in [0.2, 0.25) is 0 Å². The maximum absolute atomic E-state index is 4.47. The van der Waals surface area contributed by atoms with Crippen LogP contribution in [0.5, 0.6) is 0 Å². The lowest BCUT2D eigenvalue weighted by atomic mass is 10.00. The molecule has 1 rings (SSSR count). The predicted molar refractivity (Wildman–Crippen MR) is 51.4 cm³/mol. The van der Waals surface area contributed by atoms with E-state index in [9.17, 15) is 0 Å². The van der Waals surface area contributed by atoms with Gasteiger partial charge in [-0.1, -0.05) is 20.8 Å². The highest BCUT2D eigenvalue weighted by molar-refractivity contribution is 5.28. The third kappa shape index (κ3) is 1.38. The van der Waals surface area contributed by atoms with Crippen molar-refractivity contribution in [2.24, 2.45) is 7.05 Å². The van der Waals surface area contributed by atoms with Gasteiger partial charge < -0.3 is 0 Å². The van der Waals surface area contributed by atoms with Crippen LogP contribution in [-0.2, 0) is 13.5 Å². The first-order valence-corrected chi connectivity index (χ1v) is 4.60. The third-order valence-electron chi connectivity index (χ3n) is 2.37. The molecule has 0 atom stereocenters. The smallest absolute Gasteiger partial charge is 0.0659 e. The molecule has 2 heteroatoms. The summed E-state index contributed by atoms with van der Waals surface area (Å²) >= 11 is 0. The topological polar surface area (TPSA) is 17.8 Å². The maximum Gasteiger partial charge on any atom is 0.0659 e. The Morgan fingerprint density at radius 1 is 1.42 bits per heavy atom. The Balaban J connectivity index is 3.21. The predicted octanol–water partition coefficient (Wildman–Crippen LogP) is 2.41. The van der Waals surface area contributed by atoms with Crippen molar-refractivity contribution in [3.63, 3.8) is 0 Å². The minimum absolute atomic E-state index is 0.591. The Bertz CT molecular complexity index is 272. The molecule has 12 heavy (non-hydrogen) atoms. The molecule has 0 spiro atoms. The Morgan fingerprint density at radius 2 is 2.00 bits per heavy atom. The lowest BCUT2D eigenvalue weighted by molar-refractivity contribution is 0.722. The summed E-state index contributed by atoms with van der Waals surface area (Å²) in [4.78, 5) is 0. The zero-order chi connectivity index (χ0) is 9.30. The summed E-state index contributed by atoms with van der Waals surface area (Å²) < 4.78 is 1.98. The third-order valence-corrected chi connectivity index (χ3v) is 2.37. The van der Waals surface area contributed by atoms with E-state index in [0.717, 1.165) is 6.42 Å². The first-order valence-electron chi connectivity index (χ1n) is 4.60. The van der Waals surface area contributed by atoms with E-state index in [1.54, 1.807) is 0 Å². The van der Waals surface area contributed by atoms with Crippen molar-refractivity contribution in [3.8, 4) is 0 Å². The van der Waals surface area contributed by atoms with Gasteiger partial charge in [0, 0.05) is 12.7 Å². The van der Waals surface area contributed by atoms with Crippen LogP contribution < -0.4 is 0 Å². The summed E-state index contributed by atoms with van der Waals surface area (Å²) in [5, 5.41) is 4.47. The molecule has 2 nitrogen and oxygen atoms in total. The van der Waals surface area contributed by atoms with E-state index in [2.05, 4.69) is 32.8 Å². The fraction of sp³-hybridized carbons (Fsp3) is 0.700. The molecule has 0 aliphatic heterocycles. The molecule has 0 saturated heterocycles. The minimum Gasteiger partial charge on any atom is -0.272 e. The SMILES string of the molecule is CCc1nn(C)c(C)c1C(C)C. The molecule has 0 aliphatic rings. The van der Waals surface area contributed by atoms with Crippen LogP contribution in [0, 0.1) is 6.92 Å². The second kappa shape index (κ2) is 3.30. The second-order valence-corrected chi connectivity index (χ2v) is 3.58. The van der Waals surface area contributed by atoms with Crippen LogP contribution in [0.15, 0.2) is 0 Å². The zero-order valence-electron chi connectivity index (χ0n) is 8.68. The number of aryl methyl sites for hydroxylation is 2. The Morgan fingerprint density at radius 3 is 2.33 bits per heavy atom. The monoisotopic (exact) mass is 166 g/mol. The van der Waals surface area contributed by atoms with Gasteiger partial charge in [-0.25, -0.2) is 0 Å². The first-order chi connectivity index (χ1) is 5.57. The first kappa shape index (κ1) is 9.30. The number of aromatic nitrogens is 2. The van der Waals surface area contributed by atoms with Crippen molar-refractivity contribution in [2.75, 3.05) is 0 Å². The van der Waals surface area contributed by atoms with Gasteiger partial charge in [-0.3, -0.25) is 4.68 Å². The molecule has 0 N–H and O–H groups in total. The number of hydrogen-bond acceptors (Lipinski definition) is 1. The largest absolute Gasteiger partial charge is 0.272 e. The van der Waals surface area contributed by atoms with E-state index in [1.807, 2.05) is 11.7 Å².